The van der Waals surface area contributed by atoms with Crippen molar-refractivity contribution in [1.29, 1.82) is 0 Å². The van der Waals surface area contributed by atoms with Crippen LogP contribution in [0.25, 0.3) is 0 Å². The number of carbonyl (C=O) groups is 2. The molecule has 21 heavy (non-hydrogen) atoms. The van der Waals surface area contributed by atoms with Crippen molar-refractivity contribution in [3.05, 3.63) is 42.5 Å². The molecule has 0 aliphatic rings. The van der Waals surface area contributed by atoms with Crippen LogP contribution in [0.5, 0.6) is 0 Å². The molecule has 0 aliphatic carbocycles. The number of carboxylic acid groups (broad SMARTS) is 1. The lowest BCUT2D eigenvalue weighted by atomic mass is 10.1. The van der Waals surface area contributed by atoms with Crippen molar-refractivity contribution in [3.63, 3.8) is 0 Å². The molecule has 5 nitrogen and oxygen atoms in total. The molecule has 0 spiro atoms. The number of rotatable bonds is 8. The number of hydrogen-bond donors (Lipinski definition) is 2. The number of anilines is 1. The van der Waals surface area contributed by atoms with Crippen LogP contribution in [-0.4, -0.2) is 35.1 Å². The predicted octanol–water partition coefficient (Wildman–Crippen LogP) is 3.13. The van der Waals surface area contributed by atoms with Crippen LogP contribution in [0.4, 0.5) is 10.5 Å². The quantitative estimate of drug-likeness (QED) is 0.723. The van der Waals surface area contributed by atoms with Gasteiger partial charge in [0, 0.05) is 25.2 Å². The van der Waals surface area contributed by atoms with Gasteiger partial charge in [-0.1, -0.05) is 25.1 Å². The molecule has 1 aromatic carbocycles. The molecule has 0 radical (unpaired) electrons. The number of urea groups is 1. The Morgan fingerprint density at radius 3 is 2.81 bits per heavy atom. The van der Waals surface area contributed by atoms with Crippen LogP contribution in [0.3, 0.4) is 0 Å². The van der Waals surface area contributed by atoms with E-state index in [1.54, 1.807) is 23.1 Å². The highest BCUT2D eigenvalue weighted by Crippen LogP contribution is 2.13. The van der Waals surface area contributed by atoms with Gasteiger partial charge < -0.3 is 15.3 Å². The van der Waals surface area contributed by atoms with Crippen molar-refractivity contribution in [2.75, 3.05) is 18.4 Å². The van der Waals surface area contributed by atoms with Crippen LogP contribution in [0.2, 0.25) is 0 Å². The lowest BCUT2D eigenvalue weighted by Crippen LogP contribution is -2.35. The Hall–Kier alpha value is -2.30. The molecular formula is C16H22N2O3. The minimum absolute atomic E-state index is 0.0792. The Labute approximate surface area is 125 Å². The predicted molar refractivity (Wildman–Crippen MR) is 83.5 cm³/mol. The van der Waals surface area contributed by atoms with Crippen LogP contribution in [0, 0.1) is 0 Å². The fourth-order valence-electron chi connectivity index (χ4n) is 1.96. The molecule has 2 amide bonds. The van der Waals surface area contributed by atoms with Crippen molar-refractivity contribution in [1.82, 2.24) is 4.90 Å². The van der Waals surface area contributed by atoms with E-state index in [1.165, 1.54) is 0 Å². The summed E-state index contributed by atoms with van der Waals surface area (Å²) < 4.78 is 0. The van der Waals surface area contributed by atoms with Crippen LogP contribution >= 0.6 is 0 Å². The molecular weight excluding hydrogens is 268 g/mol. The van der Waals surface area contributed by atoms with E-state index in [2.05, 4.69) is 11.9 Å². The topological polar surface area (TPSA) is 69.6 Å². The second-order valence-electron chi connectivity index (χ2n) is 4.76. The van der Waals surface area contributed by atoms with Crippen molar-refractivity contribution >= 4 is 17.7 Å². The summed E-state index contributed by atoms with van der Waals surface area (Å²) >= 11 is 0. The molecule has 0 atom stereocenters. The minimum atomic E-state index is -0.829. The van der Waals surface area contributed by atoms with Crippen LogP contribution in [0.1, 0.15) is 25.3 Å². The first kappa shape index (κ1) is 16.8. The van der Waals surface area contributed by atoms with Gasteiger partial charge in [-0.2, -0.15) is 0 Å². The number of amides is 2. The van der Waals surface area contributed by atoms with E-state index in [1.807, 2.05) is 19.1 Å². The van der Waals surface area contributed by atoms with E-state index in [9.17, 15) is 9.59 Å². The zero-order valence-electron chi connectivity index (χ0n) is 12.3. The molecule has 0 saturated heterocycles. The molecule has 2 N–H and O–H groups in total. The summed E-state index contributed by atoms with van der Waals surface area (Å²) in [5.41, 5.74) is 1.56. The SMILES string of the molecule is C=CCN(CCC)C(=O)Nc1cccc(CCC(=O)O)c1. The van der Waals surface area contributed by atoms with E-state index in [0.717, 1.165) is 12.0 Å². The molecule has 0 aromatic heterocycles. The molecule has 0 aliphatic heterocycles. The average molecular weight is 290 g/mol. The maximum atomic E-state index is 12.1. The smallest absolute Gasteiger partial charge is 0.322 e. The third kappa shape index (κ3) is 6.12. The van der Waals surface area contributed by atoms with E-state index >= 15 is 0 Å². The monoisotopic (exact) mass is 290 g/mol. The highest BCUT2D eigenvalue weighted by atomic mass is 16.4. The molecule has 1 aromatic rings. The highest BCUT2D eigenvalue weighted by Gasteiger charge is 2.11. The van der Waals surface area contributed by atoms with Crippen LogP contribution < -0.4 is 5.32 Å². The molecule has 5 heteroatoms. The molecule has 0 heterocycles. The van der Waals surface area contributed by atoms with Crippen molar-refractivity contribution in [3.8, 4) is 0 Å². The molecule has 114 valence electrons. The minimum Gasteiger partial charge on any atom is -0.481 e. The number of carboxylic acids is 1. The van der Waals surface area contributed by atoms with Gasteiger partial charge in [0.2, 0.25) is 0 Å². The lowest BCUT2D eigenvalue weighted by Gasteiger charge is -2.21. The Bertz CT molecular complexity index is 500. The zero-order chi connectivity index (χ0) is 15.7. The first-order chi connectivity index (χ1) is 10.1. The van der Waals surface area contributed by atoms with E-state index < -0.39 is 5.97 Å². The summed E-state index contributed by atoms with van der Waals surface area (Å²) in [5.74, 6) is -0.829. The van der Waals surface area contributed by atoms with Gasteiger partial charge in [0.25, 0.3) is 0 Å². The van der Waals surface area contributed by atoms with Gasteiger partial charge in [0.1, 0.15) is 0 Å². The standard InChI is InChI=1S/C16H22N2O3/c1-3-10-18(11-4-2)16(21)17-14-7-5-6-13(12-14)8-9-15(19)20/h3,5-7,12H,1,4,8-11H2,2H3,(H,17,21)(H,19,20). The zero-order valence-corrected chi connectivity index (χ0v) is 12.3. The normalized spacial score (nSPS) is 9.95. The Morgan fingerprint density at radius 1 is 1.43 bits per heavy atom. The summed E-state index contributed by atoms with van der Waals surface area (Å²) in [7, 11) is 0. The Morgan fingerprint density at radius 2 is 2.19 bits per heavy atom. The molecule has 0 saturated carbocycles. The van der Waals surface area contributed by atoms with E-state index in [0.29, 0.717) is 25.2 Å². The molecule has 1 rings (SSSR count). The average Bonchev–Trinajstić information content (AvgIpc) is 2.45. The van der Waals surface area contributed by atoms with Gasteiger partial charge in [-0.05, 0) is 30.5 Å². The lowest BCUT2D eigenvalue weighted by molar-refractivity contribution is -0.136. The number of aliphatic carboxylic acids is 1. The highest BCUT2D eigenvalue weighted by molar-refractivity contribution is 5.89. The summed E-state index contributed by atoms with van der Waals surface area (Å²) in [6.45, 7) is 6.82. The number of carbonyl (C=O) groups excluding carboxylic acids is 1. The number of aryl methyl sites for hydroxylation is 1. The van der Waals surface area contributed by atoms with Crippen molar-refractivity contribution < 1.29 is 14.7 Å². The van der Waals surface area contributed by atoms with Gasteiger partial charge in [-0.3, -0.25) is 4.79 Å². The van der Waals surface area contributed by atoms with Gasteiger partial charge >= 0.3 is 12.0 Å². The number of hydrogen-bond acceptors (Lipinski definition) is 2. The second kappa shape index (κ2) is 8.79. The number of benzene rings is 1. The van der Waals surface area contributed by atoms with Gasteiger partial charge in [0.05, 0.1) is 0 Å². The van der Waals surface area contributed by atoms with Crippen molar-refractivity contribution in [2.24, 2.45) is 0 Å². The Balaban J connectivity index is 2.68. The van der Waals surface area contributed by atoms with Gasteiger partial charge in [0.15, 0.2) is 0 Å². The first-order valence-electron chi connectivity index (χ1n) is 7.04. The van der Waals surface area contributed by atoms with Gasteiger partial charge in [-0.15, -0.1) is 6.58 Å². The third-order valence-corrected chi connectivity index (χ3v) is 2.94. The van der Waals surface area contributed by atoms with Crippen LogP contribution in [0.15, 0.2) is 36.9 Å². The van der Waals surface area contributed by atoms with Crippen LogP contribution in [-0.2, 0) is 11.2 Å². The molecule has 0 bridgehead atoms. The maximum Gasteiger partial charge on any atom is 0.322 e. The fraction of sp³-hybridized carbons (Fsp3) is 0.375. The number of nitrogens with one attached hydrogen (secondary N) is 1. The summed E-state index contributed by atoms with van der Waals surface area (Å²) in [6.07, 6.45) is 3.10. The van der Waals surface area contributed by atoms with E-state index in [4.69, 9.17) is 5.11 Å². The first-order valence-corrected chi connectivity index (χ1v) is 7.04. The third-order valence-electron chi connectivity index (χ3n) is 2.94. The maximum absolute atomic E-state index is 12.1. The molecule has 0 fully saturated rings. The Kier molecular flexibility index (Phi) is 7.01. The number of nitrogens with zero attached hydrogens (tertiary/aromatic N) is 1. The van der Waals surface area contributed by atoms with Crippen molar-refractivity contribution in [2.45, 2.75) is 26.2 Å². The second-order valence-corrected chi connectivity index (χ2v) is 4.76. The molecule has 0 unspecified atom stereocenters. The van der Waals surface area contributed by atoms with Gasteiger partial charge in [-0.25, -0.2) is 4.79 Å². The van der Waals surface area contributed by atoms with E-state index in [-0.39, 0.29) is 12.5 Å². The largest absolute Gasteiger partial charge is 0.481 e. The summed E-state index contributed by atoms with van der Waals surface area (Å²) in [4.78, 5) is 24.4. The summed E-state index contributed by atoms with van der Waals surface area (Å²) in [5, 5.41) is 11.5. The summed E-state index contributed by atoms with van der Waals surface area (Å²) in [6, 6.07) is 7.09. The fourth-order valence-corrected chi connectivity index (χ4v) is 1.96.